The zero-order chi connectivity index (χ0) is 12.3. The third-order valence-corrected chi connectivity index (χ3v) is 4.03. The third-order valence-electron chi connectivity index (χ3n) is 4.03. The van der Waals surface area contributed by atoms with Crippen molar-refractivity contribution in [1.29, 1.82) is 0 Å². The van der Waals surface area contributed by atoms with Crippen molar-refractivity contribution >= 4 is 6.03 Å². The number of piperazine rings is 1. The van der Waals surface area contributed by atoms with Gasteiger partial charge in [0.1, 0.15) is 0 Å². The van der Waals surface area contributed by atoms with Crippen LogP contribution in [0, 0.1) is 6.42 Å². The van der Waals surface area contributed by atoms with E-state index in [0.29, 0.717) is 6.04 Å². The van der Waals surface area contributed by atoms with E-state index in [1.807, 2.05) is 16.8 Å². The van der Waals surface area contributed by atoms with Gasteiger partial charge in [-0.1, -0.05) is 0 Å². The van der Waals surface area contributed by atoms with Gasteiger partial charge in [-0.25, -0.2) is 4.79 Å². The molecule has 17 heavy (non-hydrogen) atoms. The maximum atomic E-state index is 12.3. The molecular formula is C13H24N3O. The number of likely N-dealkylation sites (N-methyl/N-ethyl adjacent to an activating group) is 1. The van der Waals surface area contributed by atoms with Gasteiger partial charge in [0.2, 0.25) is 0 Å². The number of hydrogen-bond acceptors (Lipinski definition) is 2. The van der Waals surface area contributed by atoms with Crippen LogP contribution in [-0.4, -0.2) is 67.0 Å². The van der Waals surface area contributed by atoms with Crippen LogP contribution in [0.1, 0.15) is 25.7 Å². The molecule has 1 saturated heterocycles. The summed E-state index contributed by atoms with van der Waals surface area (Å²) in [6.45, 7) is 3.74. The molecule has 2 aliphatic rings. The van der Waals surface area contributed by atoms with E-state index >= 15 is 0 Å². The van der Waals surface area contributed by atoms with Crippen LogP contribution >= 0.6 is 0 Å². The van der Waals surface area contributed by atoms with Crippen molar-refractivity contribution in [2.45, 2.75) is 31.7 Å². The summed E-state index contributed by atoms with van der Waals surface area (Å²) in [6, 6.07) is 0.678. The van der Waals surface area contributed by atoms with Gasteiger partial charge < -0.3 is 14.7 Å². The highest BCUT2D eigenvalue weighted by atomic mass is 16.2. The van der Waals surface area contributed by atoms with Gasteiger partial charge in [-0.15, -0.1) is 0 Å². The predicted molar refractivity (Wildman–Crippen MR) is 68.8 cm³/mol. The minimum absolute atomic E-state index is 0.227. The standard InChI is InChI=1S/C13H24N3O/c1-14-8-10-16(11-9-14)13(17)15(2)12-6-4-3-5-7-12/h3,12H,4-11H2,1-2H3. The number of carbonyl (C=O) groups excluding carboxylic acids is 1. The molecule has 0 aromatic heterocycles. The predicted octanol–water partition coefficient (Wildman–Crippen LogP) is 1.43. The van der Waals surface area contributed by atoms with Crippen molar-refractivity contribution in [1.82, 2.24) is 14.7 Å². The van der Waals surface area contributed by atoms with E-state index in [0.717, 1.165) is 51.9 Å². The molecule has 1 heterocycles. The van der Waals surface area contributed by atoms with Crippen molar-refractivity contribution in [2.75, 3.05) is 40.3 Å². The van der Waals surface area contributed by atoms with Crippen molar-refractivity contribution in [3.63, 3.8) is 0 Å². The molecule has 2 amide bonds. The zero-order valence-corrected chi connectivity index (χ0v) is 11.1. The van der Waals surface area contributed by atoms with Gasteiger partial charge in [0, 0.05) is 39.3 Å². The quantitative estimate of drug-likeness (QED) is 0.691. The van der Waals surface area contributed by atoms with E-state index in [9.17, 15) is 4.79 Å². The Morgan fingerprint density at radius 3 is 2.35 bits per heavy atom. The summed E-state index contributed by atoms with van der Waals surface area (Å²) in [6.07, 6.45) is 6.92. The van der Waals surface area contributed by atoms with Gasteiger partial charge >= 0.3 is 6.03 Å². The number of rotatable bonds is 1. The fourth-order valence-electron chi connectivity index (χ4n) is 2.67. The lowest BCUT2D eigenvalue weighted by atomic mass is 9.95. The monoisotopic (exact) mass is 238 g/mol. The highest BCUT2D eigenvalue weighted by Crippen LogP contribution is 2.21. The largest absolute Gasteiger partial charge is 0.325 e. The molecular weight excluding hydrogens is 214 g/mol. The first-order valence-electron chi connectivity index (χ1n) is 6.70. The highest BCUT2D eigenvalue weighted by molar-refractivity contribution is 5.74. The second-order valence-electron chi connectivity index (χ2n) is 5.28. The Morgan fingerprint density at radius 1 is 1.18 bits per heavy atom. The first kappa shape index (κ1) is 12.7. The lowest BCUT2D eigenvalue weighted by molar-refractivity contribution is 0.112. The van der Waals surface area contributed by atoms with E-state index in [2.05, 4.69) is 18.4 Å². The van der Waals surface area contributed by atoms with Crippen LogP contribution in [0.25, 0.3) is 0 Å². The molecule has 4 nitrogen and oxygen atoms in total. The Morgan fingerprint density at radius 2 is 1.76 bits per heavy atom. The average Bonchev–Trinajstić information content (AvgIpc) is 2.39. The second kappa shape index (κ2) is 5.71. The highest BCUT2D eigenvalue weighted by Gasteiger charge is 2.27. The second-order valence-corrected chi connectivity index (χ2v) is 5.28. The minimum atomic E-state index is 0.227. The van der Waals surface area contributed by atoms with Crippen molar-refractivity contribution in [3.05, 3.63) is 6.42 Å². The molecule has 4 heteroatoms. The van der Waals surface area contributed by atoms with Gasteiger partial charge in [-0.2, -0.15) is 0 Å². The maximum Gasteiger partial charge on any atom is 0.320 e. The number of amides is 2. The van der Waals surface area contributed by atoms with E-state index in [1.165, 1.54) is 0 Å². The summed E-state index contributed by atoms with van der Waals surface area (Å²) in [5.74, 6) is 0. The topological polar surface area (TPSA) is 26.8 Å². The Labute approximate surface area is 105 Å². The summed E-state index contributed by atoms with van der Waals surface area (Å²) >= 11 is 0. The van der Waals surface area contributed by atoms with Gasteiger partial charge in [0.05, 0.1) is 0 Å². The Hall–Kier alpha value is -0.770. The van der Waals surface area contributed by atoms with Gasteiger partial charge in [-0.3, -0.25) is 0 Å². The molecule has 97 valence electrons. The zero-order valence-electron chi connectivity index (χ0n) is 11.1. The number of hydrogen-bond donors (Lipinski definition) is 0. The lowest BCUT2D eigenvalue weighted by Gasteiger charge is -2.38. The molecule has 2 rings (SSSR count). The van der Waals surface area contributed by atoms with Crippen molar-refractivity contribution in [2.24, 2.45) is 0 Å². The first-order valence-corrected chi connectivity index (χ1v) is 6.70. The van der Waals surface area contributed by atoms with Crippen molar-refractivity contribution < 1.29 is 4.79 Å². The van der Waals surface area contributed by atoms with Crippen LogP contribution in [0.15, 0.2) is 0 Å². The van der Waals surface area contributed by atoms with Crippen LogP contribution in [0.2, 0.25) is 0 Å². The molecule has 0 bridgehead atoms. The maximum absolute atomic E-state index is 12.3. The van der Waals surface area contributed by atoms with E-state index in [4.69, 9.17) is 0 Å². The van der Waals surface area contributed by atoms with Gasteiger partial charge in [-0.05, 0) is 39.2 Å². The third kappa shape index (κ3) is 3.12. The SMILES string of the molecule is CN1CCN(C(=O)N(C)C2CC[CH]CC2)CC1. The lowest BCUT2D eigenvalue weighted by Crippen LogP contribution is -2.53. The molecule has 0 atom stereocenters. The molecule has 1 aliphatic carbocycles. The van der Waals surface area contributed by atoms with Gasteiger partial charge in [0.15, 0.2) is 0 Å². The first-order chi connectivity index (χ1) is 8.18. The van der Waals surface area contributed by atoms with Crippen molar-refractivity contribution in [3.8, 4) is 0 Å². The number of nitrogens with zero attached hydrogens (tertiary/aromatic N) is 3. The summed E-state index contributed by atoms with van der Waals surface area (Å²) in [5.41, 5.74) is 0. The summed E-state index contributed by atoms with van der Waals surface area (Å²) in [7, 11) is 4.08. The smallest absolute Gasteiger partial charge is 0.320 e. The Kier molecular flexibility index (Phi) is 4.26. The van der Waals surface area contributed by atoms with Gasteiger partial charge in [0.25, 0.3) is 0 Å². The summed E-state index contributed by atoms with van der Waals surface area (Å²) in [5, 5.41) is 0. The molecule has 0 aromatic rings. The Balaban J connectivity index is 1.85. The Bertz CT molecular complexity index is 255. The molecule has 1 radical (unpaired) electrons. The molecule has 0 spiro atoms. The summed E-state index contributed by atoms with van der Waals surface area (Å²) in [4.78, 5) is 18.6. The average molecular weight is 238 g/mol. The van der Waals surface area contributed by atoms with Crippen LogP contribution in [-0.2, 0) is 0 Å². The number of carbonyl (C=O) groups is 1. The fourth-order valence-corrected chi connectivity index (χ4v) is 2.67. The molecule has 0 N–H and O–H groups in total. The molecule has 0 aromatic carbocycles. The molecule has 1 aliphatic heterocycles. The van der Waals surface area contributed by atoms with Crippen LogP contribution in [0.4, 0.5) is 4.79 Å². The van der Waals surface area contributed by atoms with E-state index in [1.54, 1.807) is 0 Å². The normalized spacial score (nSPS) is 23.8. The fraction of sp³-hybridized carbons (Fsp3) is 0.846. The van der Waals surface area contributed by atoms with Crippen LogP contribution in [0.3, 0.4) is 0 Å². The van der Waals surface area contributed by atoms with Crippen LogP contribution < -0.4 is 0 Å². The molecule has 0 unspecified atom stereocenters. The minimum Gasteiger partial charge on any atom is -0.325 e. The molecule has 1 saturated carbocycles. The number of urea groups is 1. The molecule has 2 fully saturated rings. The van der Waals surface area contributed by atoms with Crippen LogP contribution in [0.5, 0.6) is 0 Å². The summed E-state index contributed by atoms with van der Waals surface area (Å²) < 4.78 is 0. The van der Waals surface area contributed by atoms with E-state index in [-0.39, 0.29) is 6.03 Å². The van der Waals surface area contributed by atoms with E-state index < -0.39 is 0 Å².